The Balaban J connectivity index is 1.51. The van der Waals surface area contributed by atoms with Crippen molar-refractivity contribution in [3.63, 3.8) is 0 Å². The fraction of sp³-hybridized carbons (Fsp3) is 0.412. The molecule has 1 amide bonds. The molecular weight excluding hydrogens is 412 g/mol. The number of ether oxygens (including phenoxy) is 1. The standard InChI is InChI=1S/C17H20N8O2S2/c1-25-5-2-13(24-25)22-14(26)8-12-16(28-11-3-6-27-7-4-11)18-9-15(21-12)29-17-19-10-20-23-17/h2,5,9-11H,3-4,6-8H2,1H3,(H,19,20,23)(H,22,24,26). The van der Waals surface area contributed by atoms with E-state index in [4.69, 9.17) is 4.74 Å². The molecule has 4 rings (SSSR count). The maximum absolute atomic E-state index is 12.6. The van der Waals surface area contributed by atoms with Gasteiger partial charge in [-0.25, -0.2) is 15.0 Å². The zero-order valence-electron chi connectivity index (χ0n) is 15.7. The first-order valence-electron chi connectivity index (χ1n) is 9.09. The molecule has 3 aromatic rings. The van der Waals surface area contributed by atoms with Gasteiger partial charge in [0.1, 0.15) is 16.4 Å². The van der Waals surface area contributed by atoms with Crippen molar-refractivity contribution >= 4 is 35.2 Å². The number of nitrogens with zero attached hydrogens (tertiary/aromatic N) is 6. The van der Waals surface area contributed by atoms with E-state index in [0.29, 0.717) is 26.9 Å². The van der Waals surface area contributed by atoms with Crippen molar-refractivity contribution in [2.75, 3.05) is 18.5 Å². The summed E-state index contributed by atoms with van der Waals surface area (Å²) in [5.74, 6) is 0.324. The van der Waals surface area contributed by atoms with Crippen molar-refractivity contribution in [2.45, 2.75) is 39.7 Å². The van der Waals surface area contributed by atoms with Gasteiger partial charge in [0.05, 0.1) is 18.3 Å². The third-order valence-corrected chi connectivity index (χ3v) is 6.30. The van der Waals surface area contributed by atoms with E-state index < -0.39 is 0 Å². The van der Waals surface area contributed by atoms with Gasteiger partial charge in [-0.1, -0.05) is 0 Å². The molecule has 12 heteroatoms. The quantitative estimate of drug-likeness (QED) is 0.576. The largest absolute Gasteiger partial charge is 0.381 e. The number of amides is 1. The molecule has 0 bridgehead atoms. The number of nitrogens with one attached hydrogen (secondary N) is 2. The number of thioether (sulfide) groups is 1. The van der Waals surface area contributed by atoms with Gasteiger partial charge in [0.15, 0.2) is 11.0 Å². The maximum Gasteiger partial charge on any atom is 0.231 e. The van der Waals surface area contributed by atoms with E-state index >= 15 is 0 Å². The predicted molar refractivity (Wildman–Crippen MR) is 108 cm³/mol. The zero-order chi connectivity index (χ0) is 20.1. The first-order chi connectivity index (χ1) is 14.2. The summed E-state index contributed by atoms with van der Waals surface area (Å²) < 4.78 is 7.07. The van der Waals surface area contributed by atoms with Gasteiger partial charge in [-0.2, -0.15) is 10.2 Å². The third kappa shape index (κ3) is 5.55. The molecule has 10 nitrogen and oxygen atoms in total. The number of aromatic nitrogens is 7. The van der Waals surface area contributed by atoms with Crippen molar-refractivity contribution in [3.05, 3.63) is 30.5 Å². The average molecular weight is 433 g/mol. The number of hydrogen-bond acceptors (Lipinski definition) is 9. The number of hydrogen-bond donors (Lipinski definition) is 2. The van der Waals surface area contributed by atoms with Gasteiger partial charge in [0.25, 0.3) is 0 Å². The molecule has 3 aromatic heterocycles. The highest BCUT2D eigenvalue weighted by atomic mass is 32.2. The van der Waals surface area contributed by atoms with Crippen LogP contribution in [0.25, 0.3) is 0 Å². The Hall–Kier alpha value is -2.44. The Bertz CT molecular complexity index is 956. The van der Waals surface area contributed by atoms with Crippen LogP contribution in [0.2, 0.25) is 0 Å². The van der Waals surface area contributed by atoms with Crippen molar-refractivity contribution in [3.8, 4) is 0 Å². The molecule has 1 aliphatic rings. The van der Waals surface area contributed by atoms with E-state index in [2.05, 4.69) is 35.6 Å². The lowest BCUT2D eigenvalue weighted by molar-refractivity contribution is -0.115. The van der Waals surface area contributed by atoms with Crippen LogP contribution < -0.4 is 5.32 Å². The number of carbonyl (C=O) groups is 1. The normalized spacial score (nSPS) is 14.8. The minimum absolute atomic E-state index is 0.111. The van der Waals surface area contributed by atoms with E-state index in [-0.39, 0.29) is 12.3 Å². The summed E-state index contributed by atoms with van der Waals surface area (Å²) in [6.45, 7) is 1.50. The number of carbonyl (C=O) groups excluding carboxylic acids is 1. The summed E-state index contributed by atoms with van der Waals surface area (Å²) in [6.07, 6.45) is 6.94. The predicted octanol–water partition coefficient (Wildman–Crippen LogP) is 1.93. The molecular formula is C17H20N8O2S2. The molecule has 152 valence electrons. The van der Waals surface area contributed by atoms with Gasteiger partial charge in [-0.15, -0.1) is 11.8 Å². The van der Waals surface area contributed by atoms with Crippen LogP contribution in [0, 0.1) is 0 Å². The topological polar surface area (TPSA) is 124 Å². The molecule has 0 radical (unpaired) electrons. The Morgan fingerprint density at radius 2 is 2.24 bits per heavy atom. The second kappa shape index (κ2) is 9.37. The van der Waals surface area contributed by atoms with Crippen molar-refractivity contribution in [1.29, 1.82) is 0 Å². The zero-order valence-corrected chi connectivity index (χ0v) is 17.4. The summed E-state index contributed by atoms with van der Waals surface area (Å²) in [4.78, 5) is 25.9. The van der Waals surface area contributed by atoms with Gasteiger partial charge in [0.2, 0.25) is 5.91 Å². The molecule has 0 saturated carbocycles. The fourth-order valence-corrected chi connectivity index (χ4v) is 4.54. The highest BCUT2D eigenvalue weighted by Gasteiger charge is 2.20. The molecule has 1 saturated heterocycles. The molecule has 29 heavy (non-hydrogen) atoms. The summed E-state index contributed by atoms with van der Waals surface area (Å²) >= 11 is 2.98. The lowest BCUT2D eigenvalue weighted by atomic mass is 10.2. The van der Waals surface area contributed by atoms with Crippen LogP contribution in [0.3, 0.4) is 0 Å². The van der Waals surface area contributed by atoms with Crippen molar-refractivity contribution < 1.29 is 9.53 Å². The summed E-state index contributed by atoms with van der Waals surface area (Å²) in [5, 5.41) is 16.1. The molecule has 1 fully saturated rings. The lowest BCUT2D eigenvalue weighted by Crippen LogP contribution is -2.19. The number of aryl methyl sites for hydroxylation is 1. The number of anilines is 1. The van der Waals surface area contributed by atoms with Gasteiger partial charge >= 0.3 is 0 Å². The SMILES string of the molecule is Cn1ccc(NC(=O)Cc2nc(Sc3ncn[nH]3)cnc2SC2CCOCC2)n1. The second-order valence-corrected chi connectivity index (χ2v) is 8.68. The minimum Gasteiger partial charge on any atom is -0.381 e. The Morgan fingerprint density at radius 1 is 1.38 bits per heavy atom. The Kier molecular flexibility index (Phi) is 6.42. The van der Waals surface area contributed by atoms with Crippen LogP contribution >= 0.6 is 23.5 Å². The molecule has 0 spiro atoms. The van der Waals surface area contributed by atoms with E-state index in [0.717, 1.165) is 31.1 Å². The van der Waals surface area contributed by atoms with Crippen LogP contribution in [0.5, 0.6) is 0 Å². The summed E-state index contributed by atoms with van der Waals surface area (Å²) in [5.41, 5.74) is 0.638. The monoisotopic (exact) mass is 432 g/mol. The molecule has 0 aliphatic carbocycles. The number of H-pyrrole nitrogens is 1. The second-order valence-electron chi connectivity index (χ2n) is 6.38. The average Bonchev–Trinajstić information content (AvgIpc) is 3.36. The molecule has 0 unspecified atom stereocenters. The Labute approximate surface area is 175 Å². The van der Waals surface area contributed by atoms with Crippen LogP contribution in [0.4, 0.5) is 5.82 Å². The van der Waals surface area contributed by atoms with Gasteiger partial charge in [0, 0.05) is 37.8 Å². The lowest BCUT2D eigenvalue weighted by Gasteiger charge is -2.21. The van der Waals surface area contributed by atoms with Crippen molar-refractivity contribution in [2.24, 2.45) is 7.05 Å². The van der Waals surface area contributed by atoms with Crippen LogP contribution in [0.1, 0.15) is 18.5 Å². The Morgan fingerprint density at radius 3 is 2.97 bits per heavy atom. The fourth-order valence-electron chi connectivity index (χ4n) is 2.78. The first-order valence-corrected chi connectivity index (χ1v) is 10.8. The summed E-state index contributed by atoms with van der Waals surface area (Å²) in [6, 6.07) is 1.75. The highest BCUT2D eigenvalue weighted by Crippen LogP contribution is 2.32. The van der Waals surface area contributed by atoms with Gasteiger partial charge in [-0.05, 0) is 24.6 Å². The van der Waals surface area contributed by atoms with Crippen LogP contribution in [-0.2, 0) is 23.0 Å². The summed E-state index contributed by atoms with van der Waals surface area (Å²) in [7, 11) is 1.80. The minimum atomic E-state index is -0.186. The van der Waals surface area contributed by atoms with Crippen LogP contribution in [0.15, 0.2) is 40.0 Å². The maximum atomic E-state index is 12.6. The molecule has 1 aliphatic heterocycles. The van der Waals surface area contributed by atoms with Crippen LogP contribution in [-0.4, -0.2) is 59.3 Å². The number of aromatic amines is 1. The highest BCUT2D eigenvalue weighted by molar-refractivity contribution is 8.00. The van der Waals surface area contributed by atoms with E-state index in [1.165, 1.54) is 18.1 Å². The molecule has 4 heterocycles. The van der Waals surface area contributed by atoms with E-state index in [1.54, 1.807) is 42.0 Å². The third-order valence-electron chi connectivity index (χ3n) is 4.13. The van der Waals surface area contributed by atoms with E-state index in [1.807, 2.05) is 0 Å². The van der Waals surface area contributed by atoms with E-state index in [9.17, 15) is 4.79 Å². The number of rotatable bonds is 7. The first kappa shape index (κ1) is 19.9. The molecule has 0 aromatic carbocycles. The molecule has 2 N–H and O–H groups in total. The van der Waals surface area contributed by atoms with Gasteiger partial charge in [-0.3, -0.25) is 14.6 Å². The van der Waals surface area contributed by atoms with Gasteiger partial charge < -0.3 is 10.1 Å². The smallest absolute Gasteiger partial charge is 0.231 e. The molecule has 0 atom stereocenters. The van der Waals surface area contributed by atoms with Crippen molar-refractivity contribution in [1.82, 2.24) is 34.9 Å².